The van der Waals surface area contributed by atoms with E-state index < -0.39 is 0 Å². The molecule has 2 heterocycles. The Kier molecular flexibility index (Phi) is 4.76. The highest BCUT2D eigenvalue weighted by Gasteiger charge is 2.26. The molecule has 1 aliphatic rings. The summed E-state index contributed by atoms with van der Waals surface area (Å²) in [4.78, 5) is 29.1. The minimum atomic E-state index is -0.0652. The number of aryl methyl sites for hydroxylation is 1. The first-order valence-electron chi connectivity index (χ1n) is 6.67. The van der Waals surface area contributed by atoms with Crippen molar-refractivity contribution in [1.29, 1.82) is 0 Å². The molecule has 1 aromatic heterocycles. The van der Waals surface area contributed by atoms with Gasteiger partial charge >= 0.3 is 10.8 Å². The number of thiazole rings is 1. The van der Waals surface area contributed by atoms with Crippen molar-refractivity contribution >= 4 is 17.3 Å². The van der Waals surface area contributed by atoms with Gasteiger partial charge in [0, 0.05) is 17.1 Å². The molecule has 0 spiro atoms. The molecular weight excluding hydrogens is 264 g/mol. The summed E-state index contributed by atoms with van der Waals surface area (Å²) in [5.74, 6) is -0.0214. The van der Waals surface area contributed by atoms with Gasteiger partial charge in [-0.1, -0.05) is 11.3 Å². The molecule has 1 N–H and O–H groups in total. The van der Waals surface area contributed by atoms with Crippen LogP contribution in [0.25, 0.3) is 0 Å². The number of aromatic nitrogens is 1. The van der Waals surface area contributed by atoms with Gasteiger partial charge in [-0.05, 0) is 39.8 Å². The van der Waals surface area contributed by atoms with Gasteiger partial charge in [-0.2, -0.15) is 0 Å². The lowest BCUT2D eigenvalue weighted by molar-refractivity contribution is -0.149. The molecule has 0 radical (unpaired) electrons. The number of nitrogens with zero attached hydrogens (tertiary/aromatic N) is 1. The number of nitrogens with one attached hydrogen (secondary N) is 1. The number of carbonyl (C=O) groups is 1. The Labute approximate surface area is 116 Å². The van der Waals surface area contributed by atoms with Crippen LogP contribution < -0.4 is 4.87 Å². The molecule has 19 heavy (non-hydrogen) atoms. The molecular formula is C13H20N2O3S. The topological polar surface area (TPSA) is 62.4 Å². The number of esters is 1. The lowest BCUT2D eigenvalue weighted by Crippen LogP contribution is -2.36. The zero-order valence-electron chi connectivity index (χ0n) is 11.4. The van der Waals surface area contributed by atoms with Crippen molar-refractivity contribution in [2.45, 2.75) is 33.2 Å². The second-order valence-corrected chi connectivity index (χ2v) is 5.93. The maximum absolute atomic E-state index is 11.6. The molecule has 106 valence electrons. The average molecular weight is 284 g/mol. The van der Waals surface area contributed by atoms with E-state index in [1.54, 1.807) is 0 Å². The van der Waals surface area contributed by atoms with Crippen LogP contribution in [0.15, 0.2) is 4.79 Å². The van der Waals surface area contributed by atoms with Gasteiger partial charge in [0.05, 0.1) is 12.5 Å². The number of likely N-dealkylation sites (tertiary alicyclic amines) is 1. The standard InChI is InChI=1S/C13H20N2O3S/c1-3-18-12(16)10-4-6-15(7-5-10)8-11-9(2)14-13(17)19-11/h10H,3-8H2,1-2H3,(H,14,17). The molecule has 6 heteroatoms. The number of H-pyrrole nitrogens is 1. The molecule has 0 bridgehead atoms. The fourth-order valence-corrected chi connectivity index (χ4v) is 3.26. The Morgan fingerprint density at radius 1 is 1.47 bits per heavy atom. The number of carbonyl (C=O) groups excluding carboxylic acids is 1. The molecule has 5 nitrogen and oxygen atoms in total. The van der Waals surface area contributed by atoms with Crippen LogP contribution in [-0.4, -0.2) is 35.5 Å². The third-order valence-corrected chi connectivity index (χ3v) is 4.47. The van der Waals surface area contributed by atoms with Crippen LogP contribution in [0.4, 0.5) is 0 Å². The minimum Gasteiger partial charge on any atom is -0.466 e. The van der Waals surface area contributed by atoms with Crippen molar-refractivity contribution < 1.29 is 9.53 Å². The highest BCUT2D eigenvalue weighted by molar-refractivity contribution is 7.09. The number of rotatable bonds is 4. The van der Waals surface area contributed by atoms with Gasteiger partial charge in [-0.3, -0.25) is 14.5 Å². The van der Waals surface area contributed by atoms with Crippen LogP contribution in [0.5, 0.6) is 0 Å². The van der Waals surface area contributed by atoms with Gasteiger partial charge < -0.3 is 9.72 Å². The zero-order chi connectivity index (χ0) is 13.8. The van der Waals surface area contributed by atoms with E-state index in [1.165, 1.54) is 11.3 Å². The summed E-state index contributed by atoms with van der Waals surface area (Å²) in [6.45, 7) is 6.78. The lowest BCUT2D eigenvalue weighted by Gasteiger charge is -2.30. The number of hydrogen-bond acceptors (Lipinski definition) is 5. The lowest BCUT2D eigenvalue weighted by atomic mass is 9.97. The predicted molar refractivity (Wildman–Crippen MR) is 74.3 cm³/mol. The minimum absolute atomic E-state index is 0.00825. The van der Waals surface area contributed by atoms with Gasteiger partial charge in [0.2, 0.25) is 0 Å². The quantitative estimate of drug-likeness (QED) is 0.852. The van der Waals surface area contributed by atoms with E-state index in [9.17, 15) is 9.59 Å². The van der Waals surface area contributed by atoms with Crippen molar-refractivity contribution in [2.75, 3.05) is 19.7 Å². The Morgan fingerprint density at radius 2 is 2.16 bits per heavy atom. The van der Waals surface area contributed by atoms with E-state index in [1.807, 2.05) is 13.8 Å². The third-order valence-electron chi connectivity index (χ3n) is 3.50. The van der Waals surface area contributed by atoms with E-state index in [4.69, 9.17) is 4.74 Å². The first-order chi connectivity index (χ1) is 9.10. The van der Waals surface area contributed by atoms with Crippen LogP contribution in [0.1, 0.15) is 30.3 Å². The first kappa shape index (κ1) is 14.3. The van der Waals surface area contributed by atoms with Gasteiger partial charge in [-0.15, -0.1) is 0 Å². The van der Waals surface area contributed by atoms with E-state index >= 15 is 0 Å². The molecule has 1 aliphatic heterocycles. The maximum atomic E-state index is 11.6. The van der Waals surface area contributed by atoms with Crippen molar-refractivity contribution in [1.82, 2.24) is 9.88 Å². The average Bonchev–Trinajstić information content (AvgIpc) is 2.69. The summed E-state index contributed by atoms with van der Waals surface area (Å²) in [6, 6.07) is 0. The smallest absolute Gasteiger partial charge is 0.309 e. The van der Waals surface area contributed by atoms with E-state index in [2.05, 4.69) is 9.88 Å². The maximum Gasteiger partial charge on any atom is 0.309 e. The van der Waals surface area contributed by atoms with Crippen LogP contribution in [-0.2, 0) is 16.1 Å². The molecule has 1 saturated heterocycles. The normalized spacial score (nSPS) is 17.6. The molecule has 0 saturated carbocycles. The van der Waals surface area contributed by atoms with E-state index in [0.717, 1.165) is 43.0 Å². The summed E-state index contributed by atoms with van der Waals surface area (Å²) < 4.78 is 5.06. The van der Waals surface area contributed by atoms with E-state index in [0.29, 0.717) is 6.61 Å². The summed E-state index contributed by atoms with van der Waals surface area (Å²) >= 11 is 1.28. The fourth-order valence-electron chi connectivity index (χ4n) is 2.38. The van der Waals surface area contributed by atoms with Crippen LogP contribution >= 0.6 is 11.3 Å². The molecule has 0 aromatic carbocycles. The number of hydrogen-bond donors (Lipinski definition) is 1. The number of piperidine rings is 1. The third kappa shape index (κ3) is 3.67. The second-order valence-electron chi connectivity index (χ2n) is 4.87. The number of ether oxygens (including phenoxy) is 1. The zero-order valence-corrected chi connectivity index (χ0v) is 12.2. The van der Waals surface area contributed by atoms with Gasteiger partial charge in [0.1, 0.15) is 0 Å². The van der Waals surface area contributed by atoms with Crippen LogP contribution in [0.2, 0.25) is 0 Å². The van der Waals surface area contributed by atoms with Gasteiger partial charge in [-0.25, -0.2) is 0 Å². The second kappa shape index (κ2) is 6.34. The molecule has 0 unspecified atom stereocenters. The monoisotopic (exact) mass is 284 g/mol. The summed E-state index contributed by atoms with van der Waals surface area (Å²) in [7, 11) is 0. The molecule has 1 aromatic rings. The molecule has 2 rings (SSSR count). The summed E-state index contributed by atoms with van der Waals surface area (Å²) in [5, 5.41) is 0. The predicted octanol–water partition coefficient (Wildman–Crippen LogP) is 1.52. The number of aromatic amines is 1. The van der Waals surface area contributed by atoms with Crippen LogP contribution in [0, 0.1) is 12.8 Å². The summed E-state index contributed by atoms with van der Waals surface area (Å²) in [6.07, 6.45) is 1.69. The largest absolute Gasteiger partial charge is 0.466 e. The molecule has 0 amide bonds. The Bertz CT molecular complexity index is 486. The molecule has 0 atom stereocenters. The Morgan fingerprint density at radius 3 is 2.68 bits per heavy atom. The van der Waals surface area contributed by atoms with Gasteiger partial charge in [0.15, 0.2) is 0 Å². The van der Waals surface area contributed by atoms with Crippen molar-refractivity contribution in [2.24, 2.45) is 5.92 Å². The van der Waals surface area contributed by atoms with Crippen molar-refractivity contribution in [3.63, 3.8) is 0 Å². The van der Waals surface area contributed by atoms with Crippen LogP contribution in [0.3, 0.4) is 0 Å². The SMILES string of the molecule is CCOC(=O)C1CCN(Cc2sc(=O)[nH]c2C)CC1. The molecule has 1 fully saturated rings. The van der Waals surface area contributed by atoms with Gasteiger partial charge in [0.25, 0.3) is 0 Å². The summed E-state index contributed by atoms with van der Waals surface area (Å²) in [5.41, 5.74) is 0.961. The van der Waals surface area contributed by atoms with Crippen molar-refractivity contribution in [3.8, 4) is 0 Å². The highest BCUT2D eigenvalue weighted by Crippen LogP contribution is 2.21. The molecule has 0 aliphatic carbocycles. The van der Waals surface area contributed by atoms with E-state index in [-0.39, 0.29) is 16.8 Å². The Balaban J connectivity index is 1.85. The highest BCUT2D eigenvalue weighted by atomic mass is 32.1. The van der Waals surface area contributed by atoms with Crippen molar-refractivity contribution in [3.05, 3.63) is 20.2 Å². The fraction of sp³-hybridized carbons (Fsp3) is 0.692. The Hall–Kier alpha value is -1.14. The first-order valence-corrected chi connectivity index (χ1v) is 7.49.